The Morgan fingerprint density at radius 3 is 2.27 bits per heavy atom. The van der Waals surface area contributed by atoms with E-state index in [1.54, 1.807) is 21.3 Å². The van der Waals surface area contributed by atoms with Gasteiger partial charge >= 0.3 is 0 Å². The summed E-state index contributed by atoms with van der Waals surface area (Å²) >= 11 is 0. The van der Waals surface area contributed by atoms with E-state index in [0.717, 1.165) is 18.7 Å². The molecule has 0 bridgehead atoms. The number of nitrogens with zero attached hydrogens (tertiary/aromatic N) is 1. The van der Waals surface area contributed by atoms with E-state index >= 15 is 0 Å². The van der Waals surface area contributed by atoms with Crippen LogP contribution >= 0.6 is 0 Å². The van der Waals surface area contributed by atoms with Gasteiger partial charge in [-0.25, -0.2) is 0 Å². The monoisotopic (exact) mass is 308 g/mol. The number of methoxy groups -OCH3 is 3. The number of hydrogen-bond acceptors (Lipinski definition) is 5. The fourth-order valence-corrected chi connectivity index (χ4v) is 3.37. The van der Waals surface area contributed by atoms with Crippen molar-refractivity contribution in [2.45, 2.75) is 32.4 Å². The number of benzene rings is 1. The molecule has 2 N–H and O–H groups in total. The highest BCUT2D eigenvalue weighted by atomic mass is 16.5. The highest BCUT2D eigenvalue weighted by Gasteiger charge is 2.27. The zero-order valence-corrected chi connectivity index (χ0v) is 14.1. The molecule has 2 unspecified atom stereocenters. The van der Waals surface area contributed by atoms with Crippen molar-refractivity contribution in [1.82, 2.24) is 4.90 Å². The Morgan fingerprint density at radius 2 is 1.77 bits per heavy atom. The standard InChI is InChI=1S/C17H28N2O3/c1-12-6-5-7-19(14(12)10-18)11-13-8-15(20-2)17(22-4)16(9-13)21-3/h8-9,12,14H,5-7,10-11,18H2,1-4H3. The molecule has 0 saturated carbocycles. The van der Waals surface area contributed by atoms with Crippen LogP contribution in [-0.4, -0.2) is 45.4 Å². The van der Waals surface area contributed by atoms with Crippen LogP contribution in [0.15, 0.2) is 12.1 Å². The Balaban J connectivity index is 2.25. The van der Waals surface area contributed by atoms with E-state index in [4.69, 9.17) is 19.9 Å². The number of nitrogens with two attached hydrogens (primary N) is 1. The van der Waals surface area contributed by atoms with Crippen LogP contribution < -0.4 is 19.9 Å². The highest BCUT2D eigenvalue weighted by Crippen LogP contribution is 2.39. The summed E-state index contributed by atoms with van der Waals surface area (Å²) in [5, 5.41) is 0. The summed E-state index contributed by atoms with van der Waals surface area (Å²) < 4.78 is 16.2. The number of ether oxygens (including phenoxy) is 3. The third-order valence-electron chi connectivity index (χ3n) is 4.58. The molecule has 0 amide bonds. The number of piperidine rings is 1. The maximum Gasteiger partial charge on any atom is 0.203 e. The van der Waals surface area contributed by atoms with Gasteiger partial charge in [-0.2, -0.15) is 0 Å². The first-order valence-electron chi connectivity index (χ1n) is 7.87. The lowest BCUT2D eigenvalue weighted by molar-refractivity contribution is 0.0989. The van der Waals surface area contributed by atoms with Crippen LogP contribution in [-0.2, 0) is 6.54 Å². The van der Waals surface area contributed by atoms with Gasteiger partial charge in [0.15, 0.2) is 11.5 Å². The van der Waals surface area contributed by atoms with Crippen molar-refractivity contribution in [2.75, 3.05) is 34.4 Å². The SMILES string of the molecule is COc1cc(CN2CCCC(C)C2CN)cc(OC)c1OC. The molecule has 2 rings (SSSR count). The molecular weight excluding hydrogens is 280 g/mol. The zero-order chi connectivity index (χ0) is 16.1. The molecule has 1 saturated heterocycles. The first-order valence-corrected chi connectivity index (χ1v) is 7.87. The molecule has 1 aromatic carbocycles. The van der Waals surface area contributed by atoms with Gasteiger partial charge in [0, 0.05) is 19.1 Å². The first-order chi connectivity index (χ1) is 10.6. The molecule has 124 valence electrons. The van der Waals surface area contributed by atoms with E-state index in [2.05, 4.69) is 11.8 Å². The number of likely N-dealkylation sites (tertiary alicyclic amines) is 1. The molecule has 1 aliphatic heterocycles. The summed E-state index contributed by atoms with van der Waals surface area (Å²) in [5.74, 6) is 2.68. The Morgan fingerprint density at radius 1 is 1.14 bits per heavy atom. The number of hydrogen-bond donors (Lipinski definition) is 1. The molecule has 2 atom stereocenters. The van der Waals surface area contributed by atoms with Crippen LogP contribution in [0, 0.1) is 5.92 Å². The van der Waals surface area contributed by atoms with Crippen molar-refractivity contribution >= 4 is 0 Å². The maximum atomic E-state index is 5.98. The topological polar surface area (TPSA) is 57.0 Å². The Kier molecular flexibility index (Phi) is 5.91. The molecule has 5 heteroatoms. The predicted octanol–water partition coefficient (Wildman–Crippen LogP) is 2.27. The van der Waals surface area contributed by atoms with Crippen LogP contribution in [0.4, 0.5) is 0 Å². The average molecular weight is 308 g/mol. The molecule has 0 radical (unpaired) electrons. The molecule has 0 aromatic heterocycles. The van der Waals surface area contributed by atoms with Crippen LogP contribution in [0.25, 0.3) is 0 Å². The molecule has 22 heavy (non-hydrogen) atoms. The van der Waals surface area contributed by atoms with Gasteiger partial charge in [0.05, 0.1) is 21.3 Å². The zero-order valence-electron chi connectivity index (χ0n) is 14.1. The van der Waals surface area contributed by atoms with Gasteiger partial charge in [0.25, 0.3) is 0 Å². The lowest BCUT2D eigenvalue weighted by Crippen LogP contribution is -2.48. The summed E-state index contributed by atoms with van der Waals surface area (Å²) in [6, 6.07) is 4.48. The van der Waals surface area contributed by atoms with Crippen LogP contribution in [0.5, 0.6) is 17.2 Å². The summed E-state index contributed by atoms with van der Waals surface area (Å²) in [6.07, 6.45) is 2.48. The molecule has 0 spiro atoms. The lowest BCUT2D eigenvalue weighted by Gasteiger charge is -2.39. The third-order valence-corrected chi connectivity index (χ3v) is 4.58. The largest absolute Gasteiger partial charge is 0.493 e. The van der Waals surface area contributed by atoms with Crippen molar-refractivity contribution in [3.63, 3.8) is 0 Å². The minimum Gasteiger partial charge on any atom is -0.493 e. The van der Waals surface area contributed by atoms with Gasteiger partial charge in [-0.1, -0.05) is 6.92 Å². The maximum absolute atomic E-state index is 5.98. The normalized spacial score (nSPS) is 22.4. The third kappa shape index (κ3) is 3.47. The minimum atomic E-state index is 0.438. The van der Waals surface area contributed by atoms with Crippen molar-refractivity contribution in [2.24, 2.45) is 11.7 Å². The Bertz CT molecular complexity index is 468. The molecule has 0 aliphatic carbocycles. The second-order valence-corrected chi connectivity index (χ2v) is 5.93. The Labute approximate surface area is 133 Å². The Hall–Kier alpha value is -1.46. The molecule has 1 fully saturated rings. The highest BCUT2D eigenvalue weighted by molar-refractivity contribution is 5.53. The van der Waals surface area contributed by atoms with Gasteiger partial charge in [0.2, 0.25) is 5.75 Å². The molecular formula is C17H28N2O3. The first kappa shape index (κ1) is 16.9. The fraction of sp³-hybridized carbons (Fsp3) is 0.647. The summed E-state index contributed by atoms with van der Waals surface area (Å²) in [7, 11) is 4.91. The van der Waals surface area contributed by atoms with E-state index in [9.17, 15) is 0 Å². The van der Waals surface area contributed by atoms with Crippen LogP contribution in [0.2, 0.25) is 0 Å². The number of rotatable bonds is 6. The van der Waals surface area contributed by atoms with Gasteiger partial charge < -0.3 is 19.9 Å². The predicted molar refractivity (Wildman–Crippen MR) is 87.7 cm³/mol. The molecule has 1 aliphatic rings. The second kappa shape index (κ2) is 7.70. The lowest BCUT2D eigenvalue weighted by atomic mass is 9.90. The molecule has 1 aromatic rings. The van der Waals surface area contributed by atoms with E-state index in [1.165, 1.54) is 12.8 Å². The van der Waals surface area contributed by atoms with Gasteiger partial charge in [-0.15, -0.1) is 0 Å². The smallest absolute Gasteiger partial charge is 0.203 e. The van der Waals surface area contributed by atoms with E-state index in [1.807, 2.05) is 12.1 Å². The van der Waals surface area contributed by atoms with Crippen molar-refractivity contribution in [3.8, 4) is 17.2 Å². The molecule has 5 nitrogen and oxygen atoms in total. The van der Waals surface area contributed by atoms with Crippen molar-refractivity contribution < 1.29 is 14.2 Å². The summed E-state index contributed by atoms with van der Waals surface area (Å²) in [4.78, 5) is 2.47. The van der Waals surface area contributed by atoms with Crippen molar-refractivity contribution in [3.05, 3.63) is 17.7 Å². The quantitative estimate of drug-likeness (QED) is 0.873. The minimum absolute atomic E-state index is 0.438. The van der Waals surface area contributed by atoms with Crippen molar-refractivity contribution in [1.29, 1.82) is 0 Å². The van der Waals surface area contributed by atoms with Gasteiger partial charge in [-0.3, -0.25) is 4.90 Å². The van der Waals surface area contributed by atoms with Gasteiger partial charge in [-0.05, 0) is 43.0 Å². The average Bonchev–Trinajstić information content (AvgIpc) is 2.54. The van der Waals surface area contributed by atoms with Crippen LogP contribution in [0.3, 0.4) is 0 Å². The van der Waals surface area contributed by atoms with E-state index in [-0.39, 0.29) is 0 Å². The fourth-order valence-electron chi connectivity index (χ4n) is 3.37. The van der Waals surface area contributed by atoms with Crippen LogP contribution in [0.1, 0.15) is 25.3 Å². The van der Waals surface area contributed by atoms with Gasteiger partial charge in [0.1, 0.15) is 0 Å². The molecule has 1 heterocycles. The van der Waals surface area contributed by atoms with E-state index in [0.29, 0.717) is 35.8 Å². The second-order valence-electron chi connectivity index (χ2n) is 5.93. The van der Waals surface area contributed by atoms with E-state index < -0.39 is 0 Å². The summed E-state index contributed by atoms with van der Waals surface area (Å²) in [6.45, 7) is 4.93. The summed E-state index contributed by atoms with van der Waals surface area (Å²) in [5.41, 5.74) is 7.14.